The van der Waals surface area contributed by atoms with E-state index in [1.54, 1.807) is 0 Å². The van der Waals surface area contributed by atoms with E-state index in [4.69, 9.17) is 5.11 Å². The van der Waals surface area contributed by atoms with Crippen LogP contribution >= 0.6 is 0 Å². The van der Waals surface area contributed by atoms with Gasteiger partial charge in [-0.05, 0) is 25.7 Å². The highest BCUT2D eigenvalue weighted by atomic mass is 16.4. The molecule has 5 nitrogen and oxygen atoms in total. The number of carbonyl (C=O) groups is 2. The zero-order chi connectivity index (χ0) is 14.3. The highest BCUT2D eigenvalue weighted by Crippen LogP contribution is 2.20. The molecule has 1 heterocycles. The van der Waals surface area contributed by atoms with Crippen LogP contribution in [-0.4, -0.2) is 52.6 Å². The molecule has 0 aliphatic carbocycles. The molecule has 1 fully saturated rings. The summed E-state index contributed by atoms with van der Waals surface area (Å²) in [5.74, 6) is -0.940. The van der Waals surface area contributed by atoms with Gasteiger partial charge in [0.05, 0.1) is 0 Å². The second kappa shape index (κ2) is 8.02. The third kappa shape index (κ3) is 4.73. The van der Waals surface area contributed by atoms with E-state index in [1.165, 1.54) is 4.90 Å². The molecular weight excluding hydrogens is 244 g/mol. The predicted octanol–water partition coefficient (Wildman–Crippen LogP) is 2.56. The minimum atomic E-state index is -0.940. The predicted molar refractivity (Wildman–Crippen MR) is 74.1 cm³/mol. The minimum absolute atomic E-state index is 0.0991. The molecule has 1 N–H and O–H groups in total. The smallest absolute Gasteiger partial charge is 0.323 e. The van der Waals surface area contributed by atoms with Crippen LogP contribution in [-0.2, 0) is 4.79 Å². The van der Waals surface area contributed by atoms with E-state index in [0.717, 1.165) is 45.1 Å². The summed E-state index contributed by atoms with van der Waals surface area (Å²) in [6.07, 6.45) is 6.11. The molecule has 0 aromatic carbocycles. The molecule has 110 valence electrons. The van der Waals surface area contributed by atoms with E-state index in [1.807, 2.05) is 11.8 Å². The monoisotopic (exact) mass is 270 g/mol. The van der Waals surface area contributed by atoms with Crippen molar-refractivity contribution in [3.05, 3.63) is 0 Å². The normalized spacial score (nSPS) is 19.9. The quantitative estimate of drug-likeness (QED) is 0.835. The molecule has 1 unspecified atom stereocenters. The van der Waals surface area contributed by atoms with E-state index < -0.39 is 5.97 Å². The Bertz CT molecular complexity index is 307. The molecular formula is C14H26N2O3. The van der Waals surface area contributed by atoms with Crippen LogP contribution in [0.4, 0.5) is 4.79 Å². The van der Waals surface area contributed by atoms with Crippen LogP contribution in [0.2, 0.25) is 0 Å². The van der Waals surface area contributed by atoms with Gasteiger partial charge >= 0.3 is 12.0 Å². The number of hydrogen-bond acceptors (Lipinski definition) is 2. The van der Waals surface area contributed by atoms with Crippen molar-refractivity contribution in [1.82, 2.24) is 9.80 Å². The zero-order valence-corrected chi connectivity index (χ0v) is 12.1. The van der Waals surface area contributed by atoms with Crippen LogP contribution < -0.4 is 0 Å². The standard InChI is InChI=1S/C14H26N2O3/c1-3-9-15(11-13(17)18)14(19)16-10-7-5-6-8-12(16)4-2/h12H,3-11H2,1-2H3,(H,17,18). The number of carboxylic acids is 1. The average Bonchev–Trinajstić information content (AvgIpc) is 2.61. The van der Waals surface area contributed by atoms with E-state index in [0.29, 0.717) is 6.54 Å². The molecule has 1 aliphatic heterocycles. The van der Waals surface area contributed by atoms with E-state index in [9.17, 15) is 9.59 Å². The summed E-state index contributed by atoms with van der Waals surface area (Å²) in [7, 11) is 0. The van der Waals surface area contributed by atoms with E-state index in [2.05, 4.69) is 6.92 Å². The van der Waals surface area contributed by atoms with Gasteiger partial charge in [-0.2, -0.15) is 0 Å². The Balaban J connectivity index is 2.76. The fraction of sp³-hybridized carbons (Fsp3) is 0.857. The lowest BCUT2D eigenvalue weighted by atomic mass is 10.1. The van der Waals surface area contributed by atoms with Gasteiger partial charge in [-0.15, -0.1) is 0 Å². The van der Waals surface area contributed by atoms with Crippen molar-refractivity contribution in [3.63, 3.8) is 0 Å². The van der Waals surface area contributed by atoms with Crippen molar-refractivity contribution in [2.75, 3.05) is 19.6 Å². The Morgan fingerprint density at radius 3 is 2.58 bits per heavy atom. The van der Waals surface area contributed by atoms with Crippen LogP contribution in [0.15, 0.2) is 0 Å². The highest BCUT2D eigenvalue weighted by Gasteiger charge is 2.28. The van der Waals surface area contributed by atoms with Gasteiger partial charge in [0.2, 0.25) is 0 Å². The molecule has 0 radical (unpaired) electrons. The summed E-state index contributed by atoms with van der Waals surface area (Å²) in [5.41, 5.74) is 0. The fourth-order valence-corrected chi connectivity index (χ4v) is 2.71. The van der Waals surface area contributed by atoms with Gasteiger partial charge in [-0.3, -0.25) is 4.79 Å². The van der Waals surface area contributed by atoms with E-state index in [-0.39, 0.29) is 18.6 Å². The summed E-state index contributed by atoms with van der Waals surface area (Å²) in [5, 5.41) is 8.92. The Labute approximate surface area is 115 Å². The molecule has 0 bridgehead atoms. The largest absolute Gasteiger partial charge is 0.480 e. The van der Waals surface area contributed by atoms with E-state index >= 15 is 0 Å². The molecule has 0 saturated carbocycles. The number of urea groups is 1. The third-order valence-electron chi connectivity index (χ3n) is 3.68. The van der Waals surface area contributed by atoms with Gasteiger partial charge in [0.15, 0.2) is 0 Å². The number of aliphatic carboxylic acids is 1. The number of amides is 2. The van der Waals surface area contributed by atoms with Crippen molar-refractivity contribution < 1.29 is 14.7 Å². The van der Waals surface area contributed by atoms with Crippen molar-refractivity contribution in [2.24, 2.45) is 0 Å². The zero-order valence-electron chi connectivity index (χ0n) is 12.1. The molecule has 2 amide bonds. The Kier molecular flexibility index (Phi) is 6.67. The maximum absolute atomic E-state index is 12.5. The maximum atomic E-state index is 12.5. The summed E-state index contributed by atoms with van der Waals surface area (Å²) in [4.78, 5) is 26.8. The van der Waals surface area contributed by atoms with Crippen molar-refractivity contribution in [2.45, 2.75) is 58.4 Å². The molecule has 19 heavy (non-hydrogen) atoms. The van der Waals surface area contributed by atoms with Crippen molar-refractivity contribution in [3.8, 4) is 0 Å². The average molecular weight is 270 g/mol. The summed E-state index contributed by atoms with van der Waals surface area (Å²) < 4.78 is 0. The number of carbonyl (C=O) groups excluding carboxylic acids is 1. The third-order valence-corrected chi connectivity index (χ3v) is 3.68. The first kappa shape index (κ1) is 15.8. The summed E-state index contributed by atoms with van der Waals surface area (Å²) in [6, 6.07) is 0.168. The van der Waals surface area contributed by atoms with Crippen LogP contribution in [0.1, 0.15) is 52.4 Å². The van der Waals surface area contributed by atoms with Crippen LogP contribution in [0.25, 0.3) is 0 Å². The Hall–Kier alpha value is -1.26. The first-order valence-corrected chi connectivity index (χ1v) is 7.37. The lowest BCUT2D eigenvalue weighted by Crippen LogP contribution is -2.49. The SMILES string of the molecule is CCCN(CC(=O)O)C(=O)N1CCCCCC1CC. The first-order valence-electron chi connectivity index (χ1n) is 7.37. The lowest BCUT2D eigenvalue weighted by Gasteiger charge is -2.34. The number of likely N-dealkylation sites (tertiary alicyclic amines) is 1. The minimum Gasteiger partial charge on any atom is -0.480 e. The molecule has 0 spiro atoms. The van der Waals surface area contributed by atoms with Gasteiger partial charge in [0.1, 0.15) is 6.54 Å². The second-order valence-electron chi connectivity index (χ2n) is 5.20. The van der Waals surface area contributed by atoms with Gasteiger partial charge in [-0.1, -0.05) is 26.7 Å². The molecule has 1 atom stereocenters. The van der Waals surface area contributed by atoms with Gasteiger partial charge in [0.25, 0.3) is 0 Å². The second-order valence-corrected chi connectivity index (χ2v) is 5.20. The van der Waals surface area contributed by atoms with Crippen molar-refractivity contribution in [1.29, 1.82) is 0 Å². The van der Waals surface area contributed by atoms with Crippen LogP contribution in [0.3, 0.4) is 0 Å². The molecule has 1 aliphatic rings. The molecule has 1 saturated heterocycles. The molecule has 0 aromatic rings. The highest BCUT2D eigenvalue weighted by molar-refractivity contribution is 5.80. The van der Waals surface area contributed by atoms with Gasteiger partial charge in [0, 0.05) is 19.1 Å². The maximum Gasteiger partial charge on any atom is 0.323 e. The van der Waals surface area contributed by atoms with Crippen LogP contribution in [0, 0.1) is 0 Å². The summed E-state index contributed by atoms with van der Waals surface area (Å²) in [6.45, 7) is 5.13. The molecule has 1 rings (SSSR count). The van der Waals surface area contributed by atoms with Crippen LogP contribution in [0.5, 0.6) is 0 Å². The number of hydrogen-bond donors (Lipinski definition) is 1. The lowest BCUT2D eigenvalue weighted by molar-refractivity contribution is -0.137. The summed E-state index contributed by atoms with van der Waals surface area (Å²) >= 11 is 0. The molecule has 0 aromatic heterocycles. The number of nitrogens with zero attached hydrogens (tertiary/aromatic N) is 2. The fourth-order valence-electron chi connectivity index (χ4n) is 2.71. The Morgan fingerprint density at radius 2 is 2.00 bits per heavy atom. The van der Waals surface area contributed by atoms with Gasteiger partial charge in [-0.25, -0.2) is 4.79 Å². The van der Waals surface area contributed by atoms with Crippen molar-refractivity contribution >= 4 is 12.0 Å². The van der Waals surface area contributed by atoms with Gasteiger partial charge < -0.3 is 14.9 Å². The first-order chi connectivity index (χ1) is 9.10. The molecule has 5 heteroatoms. The number of carboxylic acid groups (broad SMARTS) is 1. The topological polar surface area (TPSA) is 60.9 Å². The number of rotatable bonds is 5. The Morgan fingerprint density at radius 1 is 1.26 bits per heavy atom.